The number of aldehydes is 3. The maximum atomic E-state index is 11.9. The minimum Gasteiger partial charge on any atom is -0.504 e. The third-order valence-electron chi connectivity index (χ3n) is 8.41. The molecule has 228 valence electrons. The Balaban J connectivity index is 1.97. The van der Waals surface area contributed by atoms with E-state index < -0.39 is 10.8 Å². The van der Waals surface area contributed by atoms with Gasteiger partial charge in [0.05, 0.1) is 38.0 Å². The first kappa shape index (κ1) is 31.6. The highest BCUT2D eigenvalue weighted by molar-refractivity contribution is 5.84. The Morgan fingerprint density at radius 1 is 0.500 bits per heavy atom. The fourth-order valence-electron chi connectivity index (χ4n) is 5.45. The molecule has 0 unspecified atom stereocenters. The Kier molecular flexibility index (Phi) is 8.71. The SMILES string of the molecule is COc1cc(C(C)(C)c2ccc(C(C)(c3cc(C=O)c(O)c(OC)c3)c3cc(C=O)c(O)c(OC)c3)cc2)cc(C=O)c1O. The number of methoxy groups -OCH3 is 3. The fraction of sp³-hybridized carbons (Fsp3) is 0.229. The molecule has 4 aromatic carbocycles. The Bertz CT molecular complexity index is 1670. The van der Waals surface area contributed by atoms with Crippen LogP contribution in [0.25, 0.3) is 0 Å². The molecule has 44 heavy (non-hydrogen) atoms. The fourth-order valence-corrected chi connectivity index (χ4v) is 5.45. The second-order valence-corrected chi connectivity index (χ2v) is 11.0. The molecule has 0 amide bonds. The minimum atomic E-state index is -1.06. The lowest BCUT2D eigenvalue weighted by molar-refractivity contribution is 0.111. The normalized spacial score (nSPS) is 11.5. The number of aromatic hydroxyl groups is 3. The summed E-state index contributed by atoms with van der Waals surface area (Å²) in [5.74, 6) is -0.486. The summed E-state index contributed by atoms with van der Waals surface area (Å²) in [5.41, 5.74) is 1.91. The number of hydrogen-bond acceptors (Lipinski definition) is 9. The van der Waals surface area contributed by atoms with E-state index in [1.54, 1.807) is 36.4 Å². The summed E-state index contributed by atoms with van der Waals surface area (Å²) in [6.07, 6.45) is 1.63. The third kappa shape index (κ3) is 5.21. The summed E-state index contributed by atoms with van der Waals surface area (Å²) < 4.78 is 16.1. The van der Waals surface area contributed by atoms with Crippen LogP contribution in [0.5, 0.6) is 34.5 Å². The molecule has 0 spiro atoms. The zero-order valence-electron chi connectivity index (χ0n) is 25.3. The number of carbonyl (C=O) groups excluding carboxylic acids is 3. The van der Waals surface area contributed by atoms with Crippen molar-refractivity contribution in [1.82, 2.24) is 0 Å². The van der Waals surface area contributed by atoms with Gasteiger partial charge in [-0.3, -0.25) is 14.4 Å². The first-order chi connectivity index (χ1) is 20.9. The first-order valence-electron chi connectivity index (χ1n) is 13.6. The Morgan fingerprint density at radius 3 is 1.16 bits per heavy atom. The van der Waals surface area contributed by atoms with Crippen molar-refractivity contribution < 1.29 is 43.9 Å². The van der Waals surface area contributed by atoms with E-state index >= 15 is 0 Å². The highest BCUT2D eigenvalue weighted by Crippen LogP contribution is 2.46. The molecule has 0 aliphatic heterocycles. The zero-order chi connectivity index (χ0) is 32.4. The molecule has 0 aliphatic rings. The van der Waals surface area contributed by atoms with E-state index in [0.29, 0.717) is 30.0 Å². The van der Waals surface area contributed by atoms with Gasteiger partial charge in [0, 0.05) is 10.8 Å². The van der Waals surface area contributed by atoms with Crippen molar-refractivity contribution >= 4 is 18.9 Å². The highest BCUT2D eigenvalue weighted by Gasteiger charge is 2.35. The Hall–Kier alpha value is -5.31. The van der Waals surface area contributed by atoms with E-state index in [0.717, 1.165) is 16.7 Å². The molecule has 0 radical (unpaired) electrons. The molecule has 0 fully saturated rings. The molecule has 9 nitrogen and oxygen atoms in total. The Labute approximate surface area is 255 Å². The van der Waals surface area contributed by atoms with Crippen LogP contribution in [0.15, 0.2) is 60.7 Å². The van der Waals surface area contributed by atoms with Gasteiger partial charge in [0.2, 0.25) is 0 Å². The van der Waals surface area contributed by atoms with Gasteiger partial charge in [-0.2, -0.15) is 0 Å². The Morgan fingerprint density at radius 2 is 0.818 bits per heavy atom. The van der Waals surface area contributed by atoms with Crippen LogP contribution in [0.2, 0.25) is 0 Å². The van der Waals surface area contributed by atoms with Gasteiger partial charge < -0.3 is 29.5 Å². The van der Waals surface area contributed by atoms with Crippen molar-refractivity contribution in [3.8, 4) is 34.5 Å². The predicted molar refractivity (Wildman–Crippen MR) is 164 cm³/mol. The molecule has 0 heterocycles. The van der Waals surface area contributed by atoms with Crippen LogP contribution in [0.4, 0.5) is 0 Å². The lowest BCUT2D eigenvalue weighted by atomic mass is 9.69. The number of hydrogen-bond donors (Lipinski definition) is 3. The van der Waals surface area contributed by atoms with Crippen LogP contribution in [-0.2, 0) is 10.8 Å². The second-order valence-electron chi connectivity index (χ2n) is 11.0. The van der Waals surface area contributed by atoms with Crippen LogP contribution < -0.4 is 14.2 Å². The summed E-state index contributed by atoms with van der Waals surface area (Å²) in [7, 11) is 4.17. The number of phenols is 3. The summed E-state index contributed by atoms with van der Waals surface area (Å²) >= 11 is 0. The van der Waals surface area contributed by atoms with Gasteiger partial charge in [0.1, 0.15) is 0 Å². The first-order valence-corrected chi connectivity index (χ1v) is 13.6. The second kappa shape index (κ2) is 12.1. The van der Waals surface area contributed by atoms with Gasteiger partial charge in [-0.1, -0.05) is 38.1 Å². The molecular weight excluding hydrogens is 564 g/mol. The molecule has 0 atom stereocenters. The predicted octanol–water partition coefficient (Wildman–Crippen LogP) is 5.95. The van der Waals surface area contributed by atoms with Gasteiger partial charge in [-0.15, -0.1) is 0 Å². The smallest absolute Gasteiger partial charge is 0.168 e. The van der Waals surface area contributed by atoms with Crippen molar-refractivity contribution in [1.29, 1.82) is 0 Å². The van der Waals surface area contributed by atoms with E-state index in [-0.39, 0.29) is 51.2 Å². The number of carbonyl (C=O) groups is 3. The molecule has 4 rings (SSSR count). The lowest BCUT2D eigenvalue weighted by Gasteiger charge is -2.34. The van der Waals surface area contributed by atoms with Crippen molar-refractivity contribution in [2.24, 2.45) is 0 Å². The van der Waals surface area contributed by atoms with E-state index in [9.17, 15) is 29.7 Å². The summed E-state index contributed by atoms with van der Waals surface area (Å²) in [4.78, 5) is 35.5. The molecule has 0 aliphatic carbocycles. The van der Waals surface area contributed by atoms with Crippen LogP contribution in [-0.4, -0.2) is 55.5 Å². The molecule has 0 bridgehead atoms. The van der Waals surface area contributed by atoms with Gasteiger partial charge >= 0.3 is 0 Å². The van der Waals surface area contributed by atoms with E-state index in [1.165, 1.54) is 21.3 Å². The average Bonchev–Trinajstić information content (AvgIpc) is 3.04. The lowest BCUT2D eigenvalue weighted by Crippen LogP contribution is -2.27. The van der Waals surface area contributed by atoms with Crippen LogP contribution in [0, 0.1) is 0 Å². The maximum absolute atomic E-state index is 11.9. The number of benzene rings is 4. The van der Waals surface area contributed by atoms with Crippen LogP contribution in [0.1, 0.15) is 79.7 Å². The number of phenolic OH excluding ortho intramolecular Hbond substituents is 3. The van der Waals surface area contributed by atoms with E-state index in [4.69, 9.17) is 14.2 Å². The van der Waals surface area contributed by atoms with Crippen molar-refractivity contribution in [3.63, 3.8) is 0 Å². The zero-order valence-corrected chi connectivity index (χ0v) is 25.3. The number of ether oxygens (including phenoxy) is 3. The van der Waals surface area contributed by atoms with Gasteiger partial charge in [-0.05, 0) is 71.1 Å². The molecule has 0 aromatic heterocycles. The summed E-state index contributed by atoms with van der Waals surface area (Å²) in [5, 5.41) is 31.4. The molecule has 0 saturated heterocycles. The molecular formula is C35H34O9. The largest absolute Gasteiger partial charge is 0.504 e. The molecule has 9 heteroatoms. The van der Waals surface area contributed by atoms with Crippen LogP contribution >= 0.6 is 0 Å². The standard InChI is InChI=1S/C35H34O9/c1-34(2,25-11-20(17-36)31(39)28(14-25)42-4)23-7-9-24(10-8-23)35(3,26-12-21(18-37)32(40)29(15-26)43-5)27-13-22(19-38)33(41)30(16-27)44-6/h7-19,39-41H,1-6H3. The van der Waals surface area contributed by atoms with Crippen molar-refractivity contribution in [3.05, 3.63) is 105 Å². The monoisotopic (exact) mass is 598 g/mol. The van der Waals surface area contributed by atoms with Crippen LogP contribution in [0.3, 0.4) is 0 Å². The van der Waals surface area contributed by atoms with Gasteiger partial charge in [0.25, 0.3) is 0 Å². The topological polar surface area (TPSA) is 140 Å². The average molecular weight is 599 g/mol. The minimum absolute atomic E-state index is 0.0111. The summed E-state index contributed by atoms with van der Waals surface area (Å²) in [6, 6.07) is 17.3. The quantitative estimate of drug-likeness (QED) is 0.141. The van der Waals surface area contributed by atoms with E-state index in [1.807, 2.05) is 45.0 Å². The van der Waals surface area contributed by atoms with Gasteiger partial charge in [-0.25, -0.2) is 0 Å². The highest BCUT2D eigenvalue weighted by atomic mass is 16.5. The van der Waals surface area contributed by atoms with Gasteiger partial charge in [0.15, 0.2) is 53.4 Å². The summed E-state index contributed by atoms with van der Waals surface area (Å²) in [6.45, 7) is 5.84. The van der Waals surface area contributed by atoms with Crippen molar-refractivity contribution in [2.75, 3.05) is 21.3 Å². The molecule has 0 saturated carbocycles. The maximum Gasteiger partial charge on any atom is 0.168 e. The molecule has 4 aromatic rings. The molecule has 3 N–H and O–H groups in total. The van der Waals surface area contributed by atoms with E-state index in [2.05, 4.69) is 0 Å². The van der Waals surface area contributed by atoms with Crippen molar-refractivity contribution in [2.45, 2.75) is 31.6 Å². The number of rotatable bonds is 11. The third-order valence-corrected chi connectivity index (χ3v) is 8.41.